The minimum absolute atomic E-state index is 0.0520. The van der Waals surface area contributed by atoms with Gasteiger partial charge in [0.15, 0.2) is 6.61 Å². The van der Waals surface area contributed by atoms with Crippen LogP contribution in [0.15, 0.2) is 46.5 Å². The molecule has 1 fully saturated rings. The van der Waals surface area contributed by atoms with Gasteiger partial charge < -0.3 is 15.2 Å². The molecule has 0 radical (unpaired) electrons. The number of ketones is 1. The van der Waals surface area contributed by atoms with Crippen molar-refractivity contribution in [2.24, 2.45) is 5.73 Å². The molecule has 9 nitrogen and oxygen atoms in total. The number of ether oxygens (including phenoxy) is 2. The molecule has 29 heavy (non-hydrogen) atoms. The third-order valence-corrected chi connectivity index (χ3v) is 5.94. The first kappa shape index (κ1) is 22.3. The molecule has 0 bridgehead atoms. The van der Waals surface area contributed by atoms with E-state index in [0.29, 0.717) is 31.9 Å². The van der Waals surface area contributed by atoms with E-state index in [1.165, 1.54) is 29.4 Å². The zero-order valence-corrected chi connectivity index (χ0v) is 16.6. The molecule has 0 spiro atoms. The molecule has 0 aliphatic carbocycles. The number of sulfonamides is 1. The Morgan fingerprint density at radius 1 is 1.28 bits per heavy atom. The van der Waals surface area contributed by atoms with Crippen molar-refractivity contribution >= 4 is 27.9 Å². The van der Waals surface area contributed by atoms with Crippen molar-refractivity contribution in [1.29, 1.82) is 5.26 Å². The fraction of sp³-hybridized carbons (Fsp3) is 0.316. The lowest BCUT2D eigenvalue weighted by molar-refractivity contribution is -0.141. The first-order valence-corrected chi connectivity index (χ1v) is 10.1. The van der Waals surface area contributed by atoms with E-state index < -0.39 is 28.4 Å². The lowest BCUT2D eigenvalue weighted by Crippen LogP contribution is -2.40. The number of allylic oxidation sites excluding steroid dienone is 1. The molecule has 1 aliphatic rings. The molecule has 0 amide bonds. The second kappa shape index (κ2) is 9.97. The van der Waals surface area contributed by atoms with Crippen LogP contribution in [0.1, 0.15) is 12.5 Å². The van der Waals surface area contributed by atoms with E-state index in [0.717, 1.165) is 6.08 Å². The summed E-state index contributed by atoms with van der Waals surface area (Å²) in [4.78, 5) is 23.6. The van der Waals surface area contributed by atoms with Crippen molar-refractivity contribution in [3.8, 4) is 6.07 Å². The van der Waals surface area contributed by atoms with Crippen LogP contribution in [-0.4, -0.2) is 57.4 Å². The van der Waals surface area contributed by atoms with Gasteiger partial charge in [0.1, 0.15) is 11.6 Å². The third-order valence-electron chi connectivity index (χ3n) is 4.03. The van der Waals surface area contributed by atoms with Gasteiger partial charge in [-0.25, -0.2) is 13.2 Å². The molecule has 1 saturated heterocycles. The molecule has 0 unspecified atom stereocenters. The van der Waals surface area contributed by atoms with E-state index in [9.17, 15) is 18.0 Å². The number of Topliss-reactive ketones (excluding diaryl/α,β-unsaturated/α-hetero) is 1. The van der Waals surface area contributed by atoms with E-state index in [1.807, 2.05) is 0 Å². The summed E-state index contributed by atoms with van der Waals surface area (Å²) in [6.45, 7) is 2.14. The maximum absolute atomic E-state index is 12.6. The van der Waals surface area contributed by atoms with Gasteiger partial charge in [-0.1, -0.05) is 12.1 Å². The fourth-order valence-corrected chi connectivity index (χ4v) is 3.89. The number of hydrogen-bond acceptors (Lipinski definition) is 8. The molecule has 1 heterocycles. The molecule has 0 atom stereocenters. The molecule has 2 N–H and O–H groups in total. The van der Waals surface area contributed by atoms with Crippen molar-refractivity contribution < 1.29 is 27.5 Å². The number of hydrogen-bond donors (Lipinski definition) is 1. The number of morpholine rings is 1. The van der Waals surface area contributed by atoms with Crippen LogP contribution in [0.3, 0.4) is 0 Å². The number of carbonyl (C=O) groups is 2. The highest BCUT2D eigenvalue weighted by atomic mass is 32.2. The molecule has 0 saturated carbocycles. The predicted molar refractivity (Wildman–Crippen MR) is 104 cm³/mol. The van der Waals surface area contributed by atoms with E-state index in [1.54, 1.807) is 18.2 Å². The average molecular weight is 419 g/mol. The lowest BCUT2D eigenvalue weighted by Gasteiger charge is -2.26. The third kappa shape index (κ3) is 5.99. The first-order chi connectivity index (χ1) is 13.8. The van der Waals surface area contributed by atoms with Gasteiger partial charge in [0.05, 0.1) is 18.1 Å². The second-order valence-corrected chi connectivity index (χ2v) is 8.06. The van der Waals surface area contributed by atoms with Gasteiger partial charge in [0.25, 0.3) is 0 Å². The predicted octanol–water partition coefficient (Wildman–Crippen LogP) is 0.589. The summed E-state index contributed by atoms with van der Waals surface area (Å²) < 4.78 is 36.4. The number of rotatable bonds is 7. The van der Waals surface area contributed by atoms with Gasteiger partial charge >= 0.3 is 5.97 Å². The molecule has 0 aromatic heterocycles. The standard InChI is InChI=1S/C19H21N3O6S/c1-14(21)17(12-20)18(23)13-28-19(24)7-4-15-2-5-16(6-3-15)29(25,26)22-8-10-27-11-9-22/h2-7H,8-11,13,21H2,1H3/b7-4+,17-14+. The average Bonchev–Trinajstić information content (AvgIpc) is 2.72. The molecule has 1 aromatic carbocycles. The maximum Gasteiger partial charge on any atom is 0.331 e. The minimum atomic E-state index is -3.59. The molecule has 2 rings (SSSR count). The Kier molecular flexibility index (Phi) is 7.67. The lowest BCUT2D eigenvalue weighted by atomic mass is 10.1. The van der Waals surface area contributed by atoms with E-state index in [2.05, 4.69) is 0 Å². The van der Waals surface area contributed by atoms with Crippen molar-refractivity contribution in [1.82, 2.24) is 4.31 Å². The van der Waals surface area contributed by atoms with Gasteiger partial charge in [-0.2, -0.15) is 9.57 Å². The van der Waals surface area contributed by atoms with Crippen LogP contribution in [-0.2, 0) is 29.1 Å². The van der Waals surface area contributed by atoms with Crippen LogP contribution in [0.5, 0.6) is 0 Å². The molecule has 154 valence electrons. The Morgan fingerprint density at radius 3 is 2.45 bits per heavy atom. The zero-order valence-electron chi connectivity index (χ0n) is 15.8. The summed E-state index contributed by atoms with van der Waals surface area (Å²) in [5.74, 6) is -1.47. The van der Waals surface area contributed by atoms with Crippen LogP contribution in [0, 0.1) is 11.3 Å². The van der Waals surface area contributed by atoms with Crippen LogP contribution in [0.2, 0.25) is 0 Å². The Bertz CT molecular complexity index is 964. The topological polar surface area (TPSA) is 140 Å². The van der Waals surface area contributed by atoms with Gasteiger partial charge in [0.2, 0.25) is 15.8 Å². The number of benzene rings is 1. The molecule has 10 heteroatoms. The number of carbonyl (C=O) groups excluding carboxylic acids is 2. The van der Waals surface area contributed by atoms with E-state index in [4.69, 9.17) is 20.5 Å². The van der Waals surface area contributed by atoms with Gasteiger partial charge in [-0.05, 0) is 30.7 Å². The van der Waals surface area contributed by atoms with E-state index in [-0.39, 0.29) is 16.2 Å². The molecular formula is C19H21N3O6S. The van der Waals surface area contributed by atoms with Crippen molar-refractivity contribution in [2.45, 2.75) is 11.8 Å². The summed E-state index contributed by atoms with van der Waals surface area (Å²) in [6, 6.07) is 7.67. The Balaban J connectivity index is 1.96. The molecule has 1 aromatic rings. The maximum atomic E-state index is 12.6. The number of esters is 1. The Hall–Kier alpha value is -3.00. The van der Waals surface area contributed by atoms with E-state index >= 15 is 0 Å². The van der Waals surface area contributed by atoms with Crippen molar-refractivity contribution in [3.05, 3.63) is 47.2 Å². The first-order valence-electron chi connectivity index (χ1n) is 8.68. The van der Waals surface area contributed by atoms with Crippen molar-refractivity contribution in [3.63, 3.8) is 0 Å². The summed E-state index contributed by atoms with van der Waals surface area (Å²) in [5.41, 5.74) is 5.78. The summed E-state index contributed by atoms with van der Waals surface area (Å²) in [5, 5.41) is 8.83. The van der Waals surface area contributed by atoms with Crippen molar-refractivity contribution in [2.75, 3.05) is 32.9 Å². The second-order valence-electron chi connectivity index (χ2n) is 6.12. The largest absolute Gasteiger partial charge is 0.454 e. The fourth-order valence-electron chi connectivity index (χ4n) is 2.48. The van der Waals surface area contributed by atoms with Gasteiger partial charge in [0, 0.05) is 24.9 Å². The van der Waals surface area contributed by atoms with Crippen LogP contribution < -0.4 is 5.73 Å². The smallest absolute Gasteiger partial charge is 0.331 e. The Labute approximate surface area is 169 Å². The highest BCUT2D eigenvalue weighted by Gasteiger charge is 2.25. The highest BCUT2D eigenvalue weighted by Crippen LogP contribution is 2.18. The SMILES string of the molecule is C/C(N)=C(/C#N)C(=O)COC(=O)/C=C/c1ccc(S(=O)(=O)N2CCOCC2)cc1. The quantitative estimate of drug-likeness (QED) is 0.385. The number of nitrogens with two attached hydrogens (primary N) is 1. The minimum Gasteiger partial charge on any atom is -0.454 e. The zero-order chi connectivity index (χ0) is 21.4. The number of nitriles is 1. The summed E-state index contributed by atoms with van der Waals surface area (Å²) >= 11 is 0. The summed E-state index contributed by atoms with van der Waals surface area (Å²) in [7, 11) is -3.59. The van der Waals surface area contributed by atoms with Crippen LogP contribution in [0.4, 0.5) is 0 Å². The van der Waals surface area contributed by atoms with Gasteiger partial charge in [-0.15, -0.1) is 0 Å². The van der Waals surface area contributed by atoms with Gasteiger partial charge in [-0.3, -0.25) is 4.79 Å². The Morgan fingerprint density at radius 2 is 1.90 bits per heavy atom. The number of nitrogens with zero attached hydrogens (tertiary/aromatic N) is 2. The summed E-state index contributed by atoms with van der Waals surface area (Å²) in [6.07, 6.45) is 2.52. The molecular weight excluding hydrogens is 398 g/mol. The van der Waals surface area contributed by atoms with Crippen LogP contribution in [0.25, 0.3) is 6.08 Å². The van der Waals surface area contributed by atoms with Crippen LogP contribution >= 0.6 is 0 Å². The highest BCUT2D eigenvalue weighted by molar-refractivity contribution is 7.89. The monoisotopic (exact) mass is 419 g/mol. The normalized spacial score (nSPS) is 16.1. The molecule has 1 aliphatic heterocycles.